The summed E-state index contributed by atoms with van der Waals surface area (Å²) in [5.74, 6) is 0. The molecule has 0 aliphatic carbocycles. The van der Waals surface area contributed by atoms with E-state index in [1.807, 2.05) is 20.8 Å². The molecule has 0 nitrogen and oxygen atoms in total. The Kier molecular flexibility index (Phi) is 4.11. The van der Waals surface area contributed by atoms with E-state index in [4.69, 9.17) is 0 Å². The lowest BCUT2D eigenvalue weighted by Gasteiger charge is -2.01. The Morgan fingerprint density at radius 2 is 1.53 bits per heavy atom. The van der Waals surface area contributed by atoms with Crippen LogP contribution in [-0.2, 0) is 0 Å². The zero-order valence-corrected chi connectivity index (χ0v) is 9.75. The molecular formula is C15H18. The van der Waals surface area contributed by atoms with Crippen molar-refractivity contribution in [3.05, 3.63) is 54.6 Å². The topological polar surface area (TPSA) is 0 Å². The Morgan fingerprint density at radius 1 is 0.933 bits per heavy atom. The monoisotopic (exact) mass is 198 g/mol. The molecular weight excluding hydrogens is 180 g/mol. The average Bonchev–Trinajstić information content (AvgIpc) is 2.31. The molecule has 0 radical (unpaired) electrons. The third kappa shape index (κ3) is 2.69. The van der Waals surface area contributed by atoms with Gasteiger partial charge in [-0.25, -0.2) is 0 Å². The molecule has 0 bridgehead atoms. The van der Waals surface area contributed by atoms with Gasteiger partial charge in [-0.05, 0) is 29.3 Å². The van der Waals surface area contributed by atoms with Crippen LogP contribution in [0.4, 0.5) is 0 Å². The van der Waals surface area contributed by atoms with E-state index in [2.05, 4.69) is 49.0 Å². The molecule has 2 aromatic rings. The van der Waals surface area contributed by atoms with Gasteiger partial charge in [-0.3, -0.25) is 0 Å². The average molecular weight is 198 g/mol. The van der Waals surface area contributed by atoms with Crippen LogP contribution in [0.2, 0.25) is 0 Å². The van der Waals surface area contributed by atoms with Gasteiger partial charge in [0.2, 0.25) is 0 Å². The van der Waals surface area contributed by atoms with Crippen molar-refractivity contribution in [2.75, 3.05) is 0 Å². The van der Waals surface area contributed by atoms with Gasteiger partial charge in [0, 0.05) is 0 Å². The van der Waals surface area contributed by atoms with Gasteiger partial charge in [0.05, 0.1) is 0 Å². The summed E-state index contributed by atoms with van der Waals surface area (Å²) >= 11 is 0. The zero-order valence-electron chi connectivity index (χ0n) is 9.75. The van der Waals surface area contributed by atoms with Crippen molar-refractivity contribution in [2.45, 2.75) is 20.8 Å². The van der Waals surface area contributed by atoms with E-state index in [-0.39, 0.29) is 0 Å². The molecule has 0 aliphatic heterocycles. The molecule has 0 fully saturated rings. The lowest BCUT2D eigenvalue weighted by Crippen LogP contribution is -1.78. The molecule has 0 saturated heterocycles. The van der Waals surface area contributed by atoms with E-state index in [0.29, 0.717) is 0 Å². The van der Waals surface area contributed by atoms with Crippen molar-refractivity contribution < 1.29 is 0 Å². The summed E-state index contributed by atoms with van der Waals surface area (Å²) in [6.45, 7) is 9.96. The maximum absolute atomic E-state index is 3.93. The molecule has 0 aliphatic rings. The van der Waals surface area contributed by atoms with E-state index in [1.54, 1.807) is 0 Å². The second kappa shape index (κ2) is 5.35. The molecule has 0 spiro atoms. The Hall–Kier alpha value is -1.56. The van der Waals surface area contributed by atoms with Crippen LogP contribution in [0.15, 0.2) is 49.0 Å². The predicted octanol–water partition coefficient (Wildman–Crippen LogP) is 4.90. The van der Waals surface area contributed by atoms with Crippen LogP contribution in [0.1, 0.15) is 26.3 Å². The van der Waals surface area contributed by atoms with Crippen molar-refractivity contribution in [1.82, 2.24) is 0 Å². The van der Waals surface area contributed by atoms with Crippen molar-refractivity contribution in [2.24, 2.45) is 0 Å². The number of allylic oxidation sites excluding steroid dienone is 1. The first-order valence-electron chi connectivity index (χ1n) is 5.42. The van der Waals surface area contributed by atoms with E-state index in [1.165, 1.54) is 16.3 Å². The van der Waals surface area contributed by atoms with Crippen LogP contribution in [0, 0.1) is 0 Å². The highest BCUT2D eigenvalue weighted by Crippen LogP contribution is 2.19. The highest BCUT2D eigenvalue weighted by molar-refractivity contribution is 5.85. The van der Waals surface area contributed by atoms with Crippen molar-refractivity contribution in [3.63, 3.8) is 0 Å². The van der Waals surface area contributed by atoms with Crippen LogP contribution < -0.4 is 0 Å². The Morgan fingerprint density at radius 3 is 2.13 bits per heavy atom. The summed E-state index contributed by atoms with van der Waals surface area (Å²) in [5.41, 5.74) is 2.34. The first kappa shape index (κ1) is 11.5. The van der Waals surface area contributed by atoms with Crippen molar-refractivity contribution in [3.8, 4) is 0 Å². The number of rotatable bonds is 1. The quantitative estimate of drug-likeness (QED) is 0.611. The molecule has 0 saturated carbocycles. The standard InChI is InChI=1S/C13H12.C2H6/c1-10(2)12-8-7-11-5-3-4-6-13(11)9-12;1-2/h3-9H,1H2,2H3;1-2H3. The van der Waals surface area contributed by atoms with Gasteiger partial charge in [0.1, 0.15) is 0 Å². The minimum atomic E-state index is 1.12. The Bertz CT molecular complexity index is 452. The fourth-order valence-corrected chi connectivity index (χ4v) is 1.45. The first-order valence-corrected chi connectivity index (χ1v) is 5.42. The summed E-state index contributed by atoms with van der Waals surface area (Å²) in [4.78, 5) is 0. The molecule has 0 N–H and O–H groups in total. The molecule has 0 heteroatoms. The second-order valence-corrected chi connectivity index (χ2v) is 3.34. The van der Waals surface area contributed by atoms with E-state index < -0.39 is 0 Å². The van der Waals surface area contributed by atoms with E-state index in [0.717, 1.165) is 5.57 Å². The SMILES string of the molecule is C=C(C)c1ccc2ccccc2c1.CC. The fourth-order valence-electron chi connectivity index (χ4n) is 1.45. The second-order valence-electron chi connectivity index (χ2n) is 3.34. The lowest BCUT2D eigenvalue weighted by atomic mass is 10.0. The summed E-state index contributed by atoms with van der Waals surface area (Å²) in [7, 11) is 0. The lowest BCUT2D eigenvalue weighted by molar-refractivity contribution is 1.50. The highest BCUT2D eigenvalue weighted by atomic mass is 14.0. The third-order valence-electron chi connectivity index (χ3n) is 2.24. The molecule has 2 rings (SSSR count). The van der Waals surface area contributed by atoms with Gasteiger partial charge in [0.25, 0.3) is 0 Å². The largest absolute Gasteiger partial charge is 0.0955 e. The summed E-state index contributed by atoms with van der Waals surface area (Å²) in [6.07, 6.45) is 0. The minimum absolute atomic E-state index is 1.12. The summed E-state index contributed by atoms with van der Waals surface area (Å²) in [6, 6.07) is 14.8. The van der Waals surface area contributed by atoms with Crippen molar-refractivity contribution in [1.29, 1.82) is 0 Å². The third-order valence-corrected chi connectivity index (χ3v) is 2.24. The number of benzene rings is 2. The van der Waals surface area contributed by atoms with Crippen LogP contribution in [0.3, 0.4) is 0 Å². The van der Waals surface area contributed by atoms with E-state index >= 15 is 0 Å². The fraction of sp³-hybridized carbons (Fsp3) is 0.200. The van der Waals surface area contributed by atoms with Gasteiger partial charge in [-0.2, -0.15) is 0 Å². The maximum atomic E-state index is 3.93. The Labute approximate surface area is 92.3 Å². The number of fused-ring (bicyclic) bond motifs is 1. The number of hydrogen-bond donors (Lipinski definition) is 0. The Balaban J connectivity index is 0.000000531. The van der Waals surface area contributed by atoms with Crippen LogP contribution in [0.5, 0.6) is 0 Å². The van der Waals surface area contributed by atoms with Gasteiger partial charge < -0.3 is 0 Å². The van der Waals surface area contributed by atoms with Crippen LogP contribution >= 0.6 is 0 Å². The molecule has 15 heavy (non-hydrogen) atoms. The summed E-state index contributed by atoms with van der Waals surface area (Å²) in [5, 5.41) is 2.57. The van der Waals surface area contributed by atoms with Crippen molar-refractivity contribution >= 4 is 16.3 Å². The van der Waals surface area contributed by atoms with Gasteiger partial charge in [-0.1, -0.05) is 62.4 Å². The molecule has 0 aromatic heterocycles. The minimum Gasteiger partial charge on any atom is -0.0955 e. The number of hydrogen-bond acceptors (Lipinski definition) is 0. The smallest absolute Gasteiger partial charge is 0.0178 e. The van der Waals surface area contributed by atoms with Gasteiger partial charge in [-0.15, -0.1) is 0 Å². The maximum Gasteiger partial charge on any atom is -0.0178 e. The molecule has 0 heterocycles. The summed E-state index contributed by atoms with van der Waals surface area (Å²) < 4.78 is 0. The van der Waals surface area contributed by atoms with Gasteiger partial charge >= 0.3 is 0 Å². The predicted molar refractivity (Wildman–Crippen MR) is 70.0 cm³/mol. The normalized spacial score (nSPS) is 9.27. The van der Waals surface area contributed by atoms with Crippen LogP contribution in [-0.4, -0.2) is 0 Å². The molecule has 2 aromatic carbocycles. The molecule has 78 valence electrons. The zero-order chi connectivity index (χ0) is 11.3. The van der Waals surface area contributed by atoms with Crippen LogP contribution in [0.25, 0.3) is 16.3 Å². The molecule has 0 unspecified atom stereocenters. The highest BCUT2D eigenvalue weighted by Gasteiger charge is 1.95. The van der Waals surface area contributed by atoms with Gasteiger partial charge in [0.15, 0.2) is 0 Å². The molecule has 0 atom stereocenters. The first-order chi connectivity index (χ1) is 7.27. The van der Waals surface area contributed by atoms with E-state index in [9.17, 15) is 0 Å². The molecule has 0 amide bonds.